The number of fused-ring (bicyclic) bond motifs is 1. The molecule has 3 aromatic carbocycles. The summed E-state index contributed by atoms with van der Waals surface area (Å²) < 4.78 is 5.10. The van der Waals surface area contributed by atoms with E-state index < -0.39 is 16.7 Å². The van der Waals surface area contributed by atoms with Gasteiger partial charge in [-0.1, -0.05) is 24.3 Å². The van der Waals surface area contributed by atoms with Gasteiger partial charge in [-0.3, -0.25) is 25.1 Å². The normalized spacial score (nSPS) is 11.0. The van der Waals surface area contributed by atoms with E-state index in [0.717, 1.165) is 16.8 Å². The fourth-order valence-electron chi connectivity index (χ4n) is 2.94. The molecule has 0 saturated heterocycles. The molecule has 3 aromatic rings. The first-order valence-corrected chi connectivity index (χ1v) is 9.38. The average Bonchev–Trinajstić information content (AvgIpc) is 2.76. The van der Waals surface area contributed by atoms with Crippen LogP contribution in [0.25, 0.3) is 10.8 Å². The zero-order valence-corrected chi connectivity index (χ0v) is 17.2. The third-order valence-corrected chi connectivity index (χ3v) is 4.48. The van der Waals surface area contributed by atoms with E-state index in [4.69, 9.17) is 4.74 Å². The molecule has 0 aliphatic rings. The maximum absolute atomic E-state index is 12.4. The fraction of sp³-hybridized carbons (Fsp3) is 0.0909. The van der Waals surface area contributed by atoms with E-state index in [2.05, 4.69) is 16.2 Å². The van der Waals surface area contributed by atoms with Gasteiger partial charge >= 0.3 is 0 Å². The van der Waals surface area contributed by atoms with Crippen LogP contribution in [0.3, 0.4) is 0 Å². The number of phenols is 1. The second kappa shape index (κ2) is 9.47. The minimum Gasteiger partial charge on any atom is -0.507 e. The van der Waals surface area contributed by atoms with Crippen LogP contribution in [0.5, 0.6) is 11.5 Å². The van der Waals surface area contributed by atoms with Gasteiger partial charge in [0.15, 0.2) is 0 Å². The third kappa shape index (κ3) is 5.11. The number of methoxy groups -OCH3 is 1. The number of amides is 2. The van der Waals surface area contributed by atoms with Crippen molar-refractivity contribution in [2.45, 2.75) is 6.92 Å². The lowest BCUT2D eigenvalue weighted by atomic mass is 10.1. The van der Waals surface area contributed by atoms with Gasteiger partial charge in [0.2, 0.25) is 5.91 Å². The van der Waals surface area contributed by atoms with E-state index in [9.17, 15) is 24.8 Å². The van der Waals surface area contributed by atoms with Crippen LogP contribution in [0.2, 0.25) is 0 Å². The first-order chi connectivity index (χ1) is 15.3. The van der Waals surface area contributed by atoms with E-state index in [1.54, 1.807) is 6.07 Å². The average molecular weight is 436 g/mol. The molecule has 164 valence electrons. The smallest absolute Gasteiger partial charge is 0.273 e. The number of carbonyl (C=O) groups excluding carboxylic acids is 2. The number of ether oxygens (including phenoxy) is 1. The van der Waals surface area contributed by atoms with E-state index in [0.29, 0.717) is 0 Å². The van der Waals surface area contributed by atoms with Gasteiger partial charge in [-0.25, -0.2) is 0 Å². The van der Waals surface area contributed by atoms with Crippen molar-refractivity contribution in [3.05, 3.63) is 82.0 Å². The number of hydrogen-bond donors (Lipinski definition) is 4. The molecule has 0 saturated carbocycles. The minimum atomic E-state index is -0.600. The second-order valence-corrected chi connectivity index (χ2v) is 6.75. The Morgan fingerprint density at radius 3 is 2.41 bits per heavy atom. The molecule has 32 heavy (non-hydrogen) atoms. The Bertz CT molecular complexity index is 1240. The molecule has 0 radical (unpaired) electrons. The lowest BCUT2D eigenvalue weighted by Gasteiger charge is -2.11. The molecule has 0 aliphatic heterocycles. The number of nitrogens with zero attached hydrogens (tertiary/aromatic N) is 1. The summed E-state index contributed by atoms with van der Waals surface area (Å²) in [6.45, 7) is 1.53. The molecule has 0 aromatic heterocycles. The van der Waals surface area contributed by atoms with Crippen LogP contribution in [0, 0.1) is 10.1 Å². The molecule has 0 bridgehead atoms. The Morgan fingerprint density at radius 1 is 1.06 bits per heavy atom. The number of carbonyl (C=O) groups is 2. The summed E-state index contributed by atoms with van der Waals surface area (Å²) in [4.78, 5) is 35.1. The van der Waals surface area contributed by atoms with Crippen molar-refractivity contribution in [2.75, 3.05) is 12.4 Å². The molecule has 0 aliphatic carbocycles. The SMILES string of the molecule is COc1ccc([N+](=O)[O-])cc1NC(=O)C=C(C)NNC(=O)c1cc2ccccc2cc1O. The molecule has 0 spiro atoms. The zero-order valence-electron chi connectivity index (χ0n) is 17.2. The van der Waals surface area contributed by atoms with E-state index in [1.165, 1.54) is 38.3 Å². The van der Waals surface area contributed by atoms with Crippen molar-refractivity contribution in [3.8, 4) is 11.5 Å². The highest BCUT2D eigenvalue weighted by Gasteiger charge is 2.14. The van der Waals surface area contributed by atoms with Gasteiger partial charge in [0, 0.05) is 23.9 Å². The predicted molar refractivity (Wildman–Crippen MR) is 118 cm³/mol. The van der Waals surface area contributed by atoms with Gasteiger partial charge < -0.3 is 20.6 Å². The lowest BCUT2D eigenvalue weighted by Crippen LogP contribution is -2.36. The van der Waals surface area contributed by atoms with Crippen LogP contribution in [-0.2, 0) is 4.79 Å². The number of non-ortho nitro benzene ring substituents is 1. The van der Waals surface area contributed by atoms with Crippen molar-refractivity contribution in [1.82, 2.24) is 10.9 Å². The molecule has 10 nitrogen and oxygen atoms in total. The van der Waals surface area contributed by atoms with Crippen LogP contribution in [0.1, 0.15) is 17.3 Å². The zero-order chi connectivity index (χ0) is 23.3. The van der Waals surface area contributed by atoms with Gasteiger partial charge in [0.25, 0.3) is 11.6 Å². The summed E-state index contributed by atoms with van der Waals surface area (Å²) in [5.74, 6) is -1.12. The van der Waals surface area contributed by atoms with Gasteiger partial charge in [-0.05, 0) is 35.9 Å². The maximum Gasteiger partial charge on any atom is 0.273 e. The molecule has 10 heteroatoms. The molecule has 0 fully saturated rings. The fourth-order valence-corrected chi connectivity index (χ4v) is 2.94. The molecule has 0 heterocycles. The van der Waals surface area contributed by atoms with E-state index >= 15 is 0 Å². The van der Waals surface area contributed by atoms with Gasteiger partial charge in [-0.2, -0.15) is 0 Å². The molecule has 0 unspecified atom stereocenters. The van der Waals surface area contributed by atoms with Crippen molar-refractivity contribution < 1.29 is 24.4 Å². The molecule has 0 atom stereocenters. The van der Waals surface area contributed by atoms with Crippen LogP contribution >= 0.6 is 0 Å². The Hall–Kier alpha value is -4.60. The highest BCUT2D eigenvalue weighted by atomic mass is 16.6. The lowest BCUT2D eigenvalue weighted by molar-refractivity contribution is -0.384. The van der Waals surface area contributed by atoms with Crippen molar-refractivity contribution in [2.24, 2.45) is 0 Å². The first-order valence-electron chi connectivity index (χ1n) is 9.38. The number of nitro groups is 1. The Balaban J connectivity index is 1.66. The van der Waals surface area contributed by atoms with Crippen LogP contribution in [0.4, 0.5) is 11.4 Å². The molecular weight excluding hydrogens is 416 g/mol. The van der Waals surface area contributed by atoms with Gasteiger partial charge in [0.1, 0.15) is 11.5 Å². The topological polar surface area (TPSA) is 143 Å². The first kappa shape index (κ1) is 22.1. The maximum atomic E-state index is 12.4. The molecular formula is C22H20N4O6. The standard InChI is InChI=1S/C22H20N4O6/c1-13(9-21(28)23-18-12-16(26(30)31)7-8-20(18)32-2)24-25-22(29)17-10-14-5-3-4-6-15(14)11-19(17)27/h3-12,24,27H,1-2H3,(H,23,28)(H,25,29). The highest BCUT2D eigenvalue weighted by molar-refractivity contribution is 6.02. The number of nitro benzene ring substituents is 1. The number of allylic oxidation sites excluding steroid dienone is 1. The number of nitrogens with one attached hydrogen (secondary N) is 3. The number of anilines is 1. The van der Waals surface area contributed by atoms with E-state index in [-0.39, 0.29) is 34.1 Å². The Kier molecular flexibility index (Phi) is 6.54. The number of hydrogen-bond acceptors (Lipinski definition) is 7. The number of rotatable bonds is 7. The number of hydrazine groups is 1. The Morgan fingerprint density at radius 2 is 1.75 bits per heavy atom. The number of benzene rings is 3. The highest BCUT2D eigenvalue weighted by Crippen LogP contribution is 2.29. The number of phenolic OH excluding ortho intramolecular Hbond substituents is 1. The summed E-state index contributed by atoms with van der Waals surface area (Å²) in [6, 6.07) is 14.1. The predicted octanol–water partition coefficient (Wildman–Crippen LogP) is 3.24. The third-order valence-electron chi connectivity index (χ3n) is 4.48. The van der Waals surface area contributed by atoms with Gasteiger partial charge in [-0.15, -0.1) is 0 Å². The monoisotopic (exact) mass is 436 g/mol. The van der Waals surface area contributed by atoms with Crippen molar-refractivity contribution >= 4 is 34.0 Å². The van der Waals surface area contributed by atoms with Crippen LogP contribution in [0.15, 0.2) is 66.4 Å². The van der Waals surface area contributed by atoms with Crippen molar-refractivity contribution in [3.63, 3.8) is 0 Å². The minimum absolute atomic E-state index is 0.0646. The summed E-state index contributed by atoms with van der Waals surface area (Å²) >= 11 is 0. The van der Waals surface area contributed by atoms with Gasteiger partial charge in [0.05, 0.1) is 23.3 Å². The summed E-state index contributed by atoms with van der Waals surface area (Å²) in [7, 11) is 1.37. The molecule has 2 amide bonds. The largest absolute Gasteiger partial charge is 0.507 e. The van der Waals surface area contributed by atoms with Crippen molar-refractivity contribution in [1.29, 1.82) is 0 Å². The second-order valence-electron chi connectivity index (χ2n) is 6.75. The summed E-state index contributed by atoms with van der Waals surface area (Å²) in [6.07, 6.45) is 1.15. The van der Waals surface area contributed by atoms with E-state index in [1.807, 2.05) is 24.3 Å². The summed E-state index contributed by atoms with van der Waals surface area (Å²) in [5.41, 5.74) is 5.25. The molecule has 3 rings (SSSR count). The molecule has 4 N–H and O–H groups in total. The van der Waals surface area contributed by atoms with Crippen LogP contribution < -0.4 is 20.9 Å². The number of aromatic hydroxyl groups is 1. The Labute approximate surface area is 182 Å². The quantitative estimate of drug-likeness (QED) is 0.253. The summed E-state index contributed by atoms with van der Waals surface area (Å²) in [5, 5.41) is 25.2. The van der Waals surface area contributed by atoms with Crippen LogP contribution in [-0.4, -0.2) is 29.0 Å².